The predicted molar refractivity (Wildman–Crippen MR) is 95.0 cm³/mol. The van der Waals surface area contributed by atoms with E-state index in [1.807, 2.05) is 16.6 Å². The number of fused-ring (bicyclic) bond motifs is 1. The largest absolute Gasteiger partial charge is 0.366 e. The van der Waals surface area contributed by atoms with E-state index >= 15 is 0 Å². The van der Waals surface area contributed by atoms with Gasteiger partial charge in [0.25, 0.3) is 0 Å². The first-order valence-electron chi connectivity index (χ1n) is 8.57. The molecule has 0 aliphatic carbocycles. The highest BCUT2D eigenvalue weighted by Gasteiger charge is 2.22. The molecule has 0 radical (unpaired) electrons. The summed E-state index contributed by atoms with van der Waals surface area (Å²) in [6.45, 7) is 16.3. The van der Waals surface area contributed by atoms with Crippen LogP contribution in [0.3, 0.4) is 0 Å². The maximum atomic E-state index is 4.68. The molecule has 2 rings (SSSR count). The van der Waals surface area contributed by atoms with E-state index in [0.717, 1.165) is 43.3 Å². The fourth-order valence-corrected chi connectivity index (χ4v) is 2.57. The molecule has 6 nitrogen and oxygen atoms in total. The van der Waals surface area contributed by atoms with Gasteiger partial charge >= 0.3 is 0 Å². The van der Waals surface area contributed by atoms with Gasteiger partial charge in [-0.15, -0.1) is 15.3 Å². The van der Waals surface area contributed by atoms with Gasteiger partial charge in [-0.05, 0) is 38.6 Å². The van der Waals surface area contributed by atoms with E-state index in [-0.39, 0.29) is 5.41 Å². The van der Waals surface area contributed by atoms with Crippen molar-refractivity contribution in [3.05, 3.63) is 18.0 Å². The van der Waals surface area contributed by atoms with E-state index in [1.165, 1.54) is 0 Å². The Bertz CT molecular complexity index is 624. The first-order valence-corrected chi connectivity index (χ1v) is 8.57. The SMILES string of the molecule is CCN(CC)CCC(C)Nc1ccc2nnc(C(C)(C)C)n2n1. The van der Waals surface area contributed by atoms with Crippen molar-refractivity contribution in [1.82, 2.24) is 24.7 Å². The van der Waals surface area contributed by atoms with Crippen LogP contribution in [0.4, 0.5) is 5.82 Å². The highest BCUT2D eigenvalue weighted by atomic mass is 15.4. The minimum Gasteiger partial charge on any atom is -0.366 e. The molecular formula is C17H30N6. The summed E-state index contributed by atoms with van der Waals surface area (Å²) in [6.07, 6.45) is 1.09. The maximum Gasteiger partial charge on any atom is 0.178 e. The number of hydrogen-bond donors (Lipinski definition) is 1. The van der Waals surface area contributed by atoms with E-state index in [4.69, 9.17) is 0 Å². The van der Waals surface area contributed by atoms with E-state index in [2.05, 4.69) is 67.1 Å². The molecule has 0 aromatic carbocycles. The van der Waals surface area contributed by atoms with Crippen LogP contribution in [0.15, 0.2) is 12.1 Å². The highest BCUT2D eigenvalue weighted by molar-refractivity contribution is 5.44. The third kappa shape index (κ3) is 4.41. The van der Waals surface area contributed by atoms with Crippen LogP contribution in [-0.2, 0) is 5.41 Å². The second-order valence-electron chi connectivity index (χ2n) is 7.12. The third-order valence-corrected chi connectivity index (χ3v) is 4.10. The van der Waals surface area contributed by atoms with Gasteiger partial charge in [0.2, 0.25) is 0 Å². The van der Waals surface area contributed by atoms with Gasteiger partial charge in [0.15, 0.2) is 11.5 Å². The average molecular weight is 318 g/mol. The number of nitrogens with zero attached hydrogens (tertiary/aromatic N) is 5. The molecule has 2 aromatic rings. The van der Waals surface area contributed by atoms with Crippen LogP contribution in [0.25, 0.3) is 5.65 Å². The van der Waals surface area contributed by atoms with Crippen LogP contribution >= 0.6 is 0 Å². The Hall–Kier alpha value is -1.69. The molecule has 1 atom stereocenters. The van der Waals surface area contributed by atoms with E-state index in [0.29, 0.717) is 6.04 Å². The van der Waals surface area contributed by atoms with Crippen LogP contribution in [0.2, 0.25) is 0 Å². The Morgan fingerprint density at radius 2 is 1.87 bits per heavy atom. The van der Waals surface area contributed by atoms with Crippen LogP contribution in [0, 0.1) is 0 Å². The highest BCUT2D eigenvalue weighted by Crippen LogP contribution is 2.20. The molecule has 0 spiro atoms. The van der Waals surface area contributed by atoms with Crippen LogP contribution in [-0.4, -0.2) is 50.4 Å². The summed E-state index contributed by atoms with van der Waals surface area (Å²) >= 11 is 0. The first kappa shape index (κ1) is 17.7. The Balaban J connectivity index is 2.08. The van der Waals surface area contributed by atoms with Crippen LogP contribution in [0.1, 0.15) is 53.8 Å². The number of rotatable bonds is 7. The molecule has 128 valence electrons. The van der Waals surface area contributed by atoms with Gasteiger partial charge in [0.05, 0.1) is 0 Å². The molecule has 2 heterocycles. The quantitative estimate of drug-likeness (QED) is 0.850. The lowest BCUT2D eigenvalue weighted by molar-refractivity contribution is 0.295. The summed E-state index contributed by atoms with van der Waals surface area (Å²) < 4.78 is 1.85. The van der Waals surface area contributed by atoms with Gasteiger partial charge < -0.3 is 10.2 Å². The van der Waals surface area contributed by atoms with Crippen molar-refractivity contribution in [3.8, 4) is 0 Å². The number of aromatic nitrogens is 4. The summed E-state index contributed by atoms with van der Waals surface area (Å²) in [6, 6.07) is 4.31. The molecule has 0 amide bonds. The molecule has 0 bridgehead atoms. The Morgan fingerprint density at radius 1 is 1.17 bits per heavy atom. The molecule has 23 heavy (non-hydrogen) atoms. The summed E-state index contributed by atoms with van der Waals surface area (Å²) in [5.74, 6) is 1.75. The molecule has 0 saturated heterocycles. The van der Waals surface area contributed by atoms with Gasteiger partial charge in [-0.1, -0.05) is 34.6 Å². The fourth-order valence-electron chi connectivity index (χ4n) is 2.57. The lowest BCUT2D eigenvalue weighted by Gasteiger charge is -2.21. The Morgan fingerprint density at radius 3 is 2.48 bits per heavy atom. The normalized spacial score (nSPS) is 13.7. The van der Waals surface area contributed by atoms with Crippen molar-refractivity contribution in [2.45, 2.75) is 59.4 Å². The second kappa shape index (κ2) is 7.25. The maximum absolute atomic E-state index is 4.68. The lowest BCUT2D eigenvalue weighted by Crippen LogP contribution is -2.29. The van der Waals surface area contributed by atoms with Gasteiger partial charge in [-0.2, -0.15) is 4.52 Å². The molecule has 6 heteroatoms. The van der Waals surface area contributed by atoms with Crippen LogP contribution in [0.5, 0.6) is 0 Å². The van der Waals surface area contributed by atoms with E-state index < -0.39 is 0 Å². The number of nitrogens with one attached hydrogen (secondary N) is 1. The van der Waals surface area contributed by atoms with Gasteiger partial charge in [0.1, 0.15) is 5.82 Å². The topological polar surface area (TPSA) is 58.3 Å². The Labute approximate surface area is 139 Å². The van der Waals surface area contributed by atoms with Crippen molar-refractivity contribution < 1.29 is 0 Å². The van der Waals surface area contributed by atoms with E-state index in [1.54, 1.807) is 0 Å². The molecule has 1 unspecified atom stereocenters. The van der Waals surface area contributed by atoms with Gasteiger partial charge in [-0.3, -0.25) is 0 Å². The molecule has 0 aliphatic rings. The van der Waals surface area contributed by atoms with Crippen molar-refractivity contribution in [2.24, 2.45) is 0 Å². The number of hydrogen-bond acceptors (Lipinski definition) is 5. The third-order valence-electron chi connectivity index (χ3n) is 4.10. The minimum atomic E-state index is -0.0839. The minimum absolute atomic E-state index is 0.0839. The van der Waals surface area contributed by atoms with Crippen molar-refractivity contribution in [2.75, 3.05) is 25.0 Å². The first-order chi connectivity index (χ1) is 10.8. The second-order valence-corrected chi connectivity index (χ2v) is 7.12. The summed E-state index contributed by atoms with van der Waals surface area (Å²) in [5.41, 5.74) is 0.704. The molecule has 0 fully saturated rings. The van der Waals surface area contributed by atoms with Crippen LogP contribution < -0.4 is 5.32 Å². The monoisotopic (exact) mass is 318 g/mol. The standard InChI is InChI=1S/C17H30N6/c1-7-22(8-2)12-11-13(3)18-14-9-10-15-19-20-16(17(4,5)6)23(15)21-14/h9-10,13H,7-8,11-12H2,1-6H3,(H,18,21). The van der Waals surface area contributed by atoms with Crippen molar-refractivity contribution in [3.63, 3.8) is 0 Å². The average Bonchev–Trinajstić information content (AvgIpc) is 2.91. The predicted octanol–water partition coefficient (Wildman–Crippen LogP) is 2.95. The summed E-state index contributed by atoms with van der Waals surface area (Å²) in [5, 5.41) is 16.7. The molecule has 0 saturated carbocycles. The van der Waals surface area contributed by atoms with Gasteiger partial charge in [-0.25, -0.2) is 0 Å². The fraction of sp³-hybridized carbons (Fsp3) is 0.706. The molecule has 2 aromatic heterocycles. The summed E-state index contributed by atoms with van der Waals surface area (Å²) in [4.78, 5) is 2.44. The molecule has 0 aliphatic heterocycles. The number of anilines is 1. The smallest absolute Gasteiger partial charge is 0.178 e. The van der Waals surface area contributed by atoms with Gasteiger partial charge in [0, 0.05) is 18.0 Å². The zero-order valence-corrected chi connectivity index (χ0v) is 15.3. The summed E-state index contributed by atoms with van der Waals surface area (Å²) in [7, 11) is 0. The van der Waals surface area contributed by atoms with E-state index in [9.17, 15) is 0 Å². The Kier molecular flexibility index (Phi) is 5.57. The zero-order valence-electron chi connectivity index (χ0n) is 15.3. The zero-order chi connectivity index (χ0) is 17.0. The van der Waals surface area contributed by atoms with Crippen molar-refractivity contribution in [1.29, 1.82) is 0 Å². The van der Waals surface area contributed by atoms with Crippen molar-refractivity contribution >= 4 is 11.5 Å². The molecular weight excluding hydrogens is 288 g/mol. The lowest BCUT2D eigenvalue weighted by atomic mass is 9.96. The molecule has 1 N–H and O–H groups in total.